The van der Waals surface area contributed by atoms with Crippen molar-refractivity contribution in [2.75, 3.05) is 19.5 Å². The van der Waals surface area contributed by atoms with Gasteiger partial charge in [0.05, 0.1) is 20.6 Å². The summed E-state index contributed by atoms with van der Waals surface area (Å²) in [5.74, 6) is 2.54. The highest BCUT2D eigenvalue weighted by Crippen LogP contribution is 2.31. The van der Waals surface area contributed by atoms with Crippen LogP contribution >= 0.6 is 0 Å². The smallest absolute Gasteiger partial charge is 0.228 e. The van der Waals surface area contributed by atoms with Crippen LogP contribution in [-0.4, -0.2) is 20.1 Å². The number of anilines is 1. The summed E-state index contributed by atoms with van der Waals surface area (Å²) in [7, 11) is 3.19. The first-order valence-electron chi connectivity index (χ1n) is 8.52. The molecule has 0 heterocycles. The predicted molar refractivity (Wildman–Crippen MR) is 105 cm³/mol. The molecule has 0 radical (unpaired) electrons. The van der Waals surface area contributed by atoms with E-state index in [2.05, 4.69) is 5.32 Å². The van der Waals surface area contributed by atoms with Crippen molar-refractivity contribution in [1.82, 2.24) is 0 Å². The molecule has 0 atom stereocenters. The Hall–Kier alpha value is -3.47. The summed E-state index contributed by atoms with van der Waals surface area (Å²) in [6.07, 6.45) is 0.240. The molecular formula is C22H21NO4. The maximum Gasteiger partial charge on any atom is 0.228 e. The van der Waals surface area contributed by atoms with E-state index in [4.69, 9.17) is 14.2 Å². The van der Waals surface area contributed by atoms with Crippen LogP contribution in [0.1, 0.15) is 5.56 Å². The zero-order valence-electron chi connectivity index (χ0n) is 15.3. The van der Waals surface area contributed by atoms with Crippen LogP contribution in [0.25, 0.3) is 0 Å². The van der Waals surface area contributed by atoms with Crippen LogP contribution in [0.2, 0.25) is 0 Å². The highest BCUT2D eigenvalue weighted by Gasteiger charge is 2.09. The lowest BCUT2D eigenvalue weighted by molar-refractivity contribution is -0.115. The van der Waals surface area contributed by atoms with Gasteiger partial charge < -0.3 is 19.5 Å². The molecule has 0 aliphatic heterocycles. The highest BCUT2D eigenvalue weighted by atomic mass is 16.5. The number of benzene rings is 3. The molecule has 0 bridgehead atoms. The molecule has 3 aromatic rings. The average molecular weight is 363 g/mol. The number of rotatable bonds is 7. The van der Waals surface area contributed by atoms with Gasteiger partial charge in [0.2, 0.25) is 5.91 Å². The Morgan fingerprint density at radius 3 is 2.04 bits per heavy atom. The van der Waals surface area contributed by atoms with Gasteiger partial charge in [-0.25, -0.2) is 0 Å². The number of methoxy groups -OCH3 is 2. The van der Waals surface area contributed by atoms with Crippen molar-refractivity contribution >= 4 is 11.6 Å². The van der Waals surface area contributed by atoms with Gasteiger partial charge in [0, 0.05) is 11.3 Å². The van der Waals surface area contributed by atoms with Gasteiger partial charge in [-0.2, -0.15) is 0 Å². The fraction of sp³-hybridized carbons (Fsp3) is 0.136. The molecule has 3 rings (SSSR count). The van der Waals surface area contributed by atoms with Crippen molar-refractivity contribution in [1.29, 1.82) is 0 Å². The van der Waals surface area contributed by atoms with Crippen molar-refractivity contribution in [2.45, 2.75) is 6.42 Å². The van der Waals surface area contributed by atoms with E-state index in [1.165, 1.54) is 0 Å². The van der Waals surface area contributed by atoms with Crippen molar-refractivity contribution in [3.05, 3.63) is 78.4 Å². The highest BCUT2D eigenvalue weighted by molar-refractivity contribution is 5.92. The summed E-state index contributed by atoms with van der Waals surface area (Å²) >= 11 is 0. The minimum absolute atomic E-state index is 0.113. The van der Waals surface area contributed by atoms with Crippen LogP contribution in [0.4, 0.5) is 5.69 Å². The van der Waals surface area contributed by atoms with Crippen LogP contribution in [-0.2, 0) is 11.2 Å². The van der Waals surface area contributed by atoms with Gasteiger partial charge in [-0.1, -0.05) is 30.3 Å². The summed E-state index contributed by atoms with van der Waals surface area (Å²) in [6.45, 7) is 0. The molecule has 0 saturated carbocycles. The maximum atomic E-state index is 12.3. The van der Waals surface area contributed by atoms with E-state index in [0.717, 1.165) is 5.56 Å². The number of amides is 1. The Morgan fingerprint density at radius 1 is 0.778 bits per heavy atom. The Labute approximate surface area is 158 Å². The zero-order chi connectivity index (χ0) is 19.1. The van der Waals surface area contributed by atoms with Gasteiger partial charge >= 0.3 is 0 Å². The molecular weight excluding hydrogens is 342 g/mol. The molecule has 0 aromatic heterocycles. The molecule has 1 N–H and O–H groups in total. The van der Waals surface area contributed by atoms with Gasteiger partial charge in [-0.3, -0.25) is 4.79 Å². The van der Waals surface area contributed by atoms with Gasteiger partial charge in [0.25, 0.3) is 0 Å². The fourth-order valence-electron chi connectivity index (χ4n) is 2.66. The van der Waals surface area contributed by atoms with E-state index >= 15 is 0 Å². The molecule has 0 spiro atoms. The second kappa shape index (κ2) is 8.76. The van der Waals surface area contributed by atoms with Gasteiger partial charge in [0.1, 0.15) is 11.5 Å². The molecule has 3 aromatic carbocycles. The summed E-state index contributed by atoms with van der Waals surface area (Å²) in [4.78, 5) is 12.3. The van der Waals surface area contributed by atoms with Crippen LogP contribution in [0.15, 0.2) is 72.8 Å². The molecule has 5 nitrogen and oxygen atoms in total. The van der Waals surface area contributed by atoms with E-state index < -0.39 is 0 Å². The number of para-hydroxylation sites is 3. The molecule has 0 unspecified atom stereocenters. The molecule has 0 aliphatic rings. The zero-order valence-corrected chi connectivity index (χ0v) is 15.3. The third-order valence-electron chi connectivity index (χ3n) is 3.98. The normalized spacial score (nSPS) is 10.1. The van der Waals surface area contributed by atoms with Crippen LogP contribution in [0, 0.1) is 0 Å². The number of carbonyl (C=O) groups is 1. The van der Waals surface area contributed by atoms with E-state index in [0.29, 0.717) is 28.7 Å². The number of hydrogen-bond donors (Lipinski definition) is 1. The monoisotopic (exact) mass is 363 g/mol. The molecule has 0 saturated heterocycles. The van der Waals surface area contributed by atoms with Gasteiger partial charge in [0.15, 0.2) is 11.5 Å². The number of carbonyl (C=O) groups excluding carboxylic acids is 1. The molecule has 0 fully saturated rings. The second-order valence-corrected chi connectivity index (χ2v) is 5.81. The van der Waals surface area contributed by atoms with E-state index in [1.807, 2.05) is 48.5 Å². The standard InChI is InChI=1S/C22H21NO4/c1-25-19-8-4-3-7-16(19)15-22(24)23-17-11-13-18(14-12-17)27-21-10-6-5-9-20(21)26-2/h3-14H,15H2,1-2H3,(H,23,24). The maximum absolute atomic E-state index is 12.3. The number of hydrogen-bond acceptors (Lipinski definition) is 4. The first-order valence-corrected chi connectivity index (χ1v) is 8.52. The Kier molecular flexibility index (Phi) is 5.94. The topological polar surface area (TPSA) is 56.8 Å². The van der Waals surface area contributed by atoms with E-state index in [1.54, 1.807) is 38.5 Å². The SMILES string of the molecule is COc1ccccc1CC(=O)Nc1ccc(Oc2ccccc2OC)cc1. The fourth-order valence-corrected chi connectivity index (χ4v) is 2.66. The molecule has 0 aliphatic carbocycles. The third-order valence-corrected chi connectivity index (χ3v) is 3.98. The summed E-state index contributed by atoms with van der Waals surface area (Å²) in [5.41, 5.74) is 1.54. The minimum atomic E-state index is -0.113. The quantitative estimate of drug-likeness (QED) is 0.662. The predicted octanol–water partition coefficient (Wildman–Crippen LogP) is 4.68. The van der Waals surface area contributed by atoms with E-state index in [-0.39, 0.29) is 12.3 Å². The minimum Gasteiger partial charge on any atom is -0.496 e. The third kappa shape index (κ3) is 4.79. The van der Waals surface area contributed by atoms with Gasteiger partial charge in [-0.15, -0.1) is 0 Å². The van der Waals surface area contributed by atoms with Crippen LogP contribution < -0.4 is 19.5 Å². The largest absolute Gasteiger partial charge is 0.496 e. The summed E-state index contributed by atoms with van der Waals surface area (Å²) in [6, 6.07) is 22.1. The lowest BCUT2D eigenvalue weighted by atomic mass is 10.1. The lowest BCUT2D eigenvalue weighted by Crippen LogP contribution is -2.14. The Bertz CT molecular complexity index is 906. The summed E-state index contributed by atoms with van der Waals surface area (Å²) in [5, 5.41) is 2.88. The summed E-state index contributed by atoms with van der Waals surface area (Å²) < 4.78 is 16.4. The Balaban J connectivity index is 1.63. The van der Waals surface area contributed by atoms with Crippen LogP contribution in [0.3, 0.4) is 0 Å². The molecule has 27 heavy (non-hydrogen) atoms. The molecule has 1 amide bonds. The van der Waals surface area contributed by atoms with Crippen LogP contribution in [0.5, 0.6) is 23.0 Å². The first-order chi connectivity index (χ1) is 13.2. The number of ether oxygens (including phenoxy) is 3. The van der Waals surface area contributed by atoms with E-state index in [9.17, 15) is 4.79 Å². The lowest BCUT2D eigenvalue weighted by Gasteiger charge is -2.11. The van der Waals surface area contributed by atoms with Gasteiger partial charge in [-0.05, 0) is 42.5 Å². The average Bonchev–Trinajstić information content (AvgIpc) is 2.70. The van der Waals surface area contributed by atoms with Crippen molar-refractivity contribution < 1.29 is 19.0 Å². The number of nitrogens with one attached hydrogen (secondary N) is 1. The first kappa shape index (κ1) is 18.3. The van der Waals surface area contributed by atoms with Crippen molar-refractivity contribution in [3.8, 4) is 23.0 Å². The Morgan fingerprint density at radius 2 is 1.37 bits per heavy atom. The van der Waals surface area contributed by atoms with Crippen molar-refractivity contribution in [2.24, 2.45) is 0 Å². The van der Waals surface area contributed by atoms with Crippen molar-refractivity contribution in [3.63, 3.8) is 0 Å². The molecule has 5 heteroatoms. The second-order valence-electron chi connectivity index (χ2n) is 5.81. The molecule has 138 valence electrons.